The van der Waals surface area contributed by atoms with Crippen LogP contribution in [0.4, 0.5) is 0 Å². The van der Waals surface area contributed by atoms with Crippen molar-refractivity contribution in [1.29, 1.82) is 10.8 Å². The van der Waals surface area contributed by atoms with Crippen LogP contribution in [0.25, 0.3) is 0 Å². The van der Waals surface area contributed by atoms with Gasteiger partial charge in [-0.2, -0.15) is 0 Å². The molecule has 0 saturated carbocycles. The van der Waals surface area contributed by atoms with E-state index >= 15 is 0 Å². The van der Waals surface area contributed by atoms with Gasteiger partial charge in [-0.05, 0) is 0 Å². The standard InChI is InChI=1S/C8H14N4O/c1-11-4-3-7(13)12(2)6(5-9)8(11)10/h5-6,9-10H,3-4H2,1-2H3. The van der Waals surface area contributed by atoms with Crippen molar-refractivity contribution >= 4 is 18.0 Å². The first-order valence-electron chi connectivity index (χ1n) is 4.13. The van der Waals surface area contributed by atoms with Crippen LogP contribution in [0.5, 0.6) is 0 Å². The number of carbonyl (C=O) groups is 1. The lowest BCUT2D eigenvalue weighted by Gasteiger charge is -2.25. The Labute approximate surface area is 77.3 Å². The molecule has 0 bridgehead atoms. The number of hydrogen-bond acceptors (Lipinski definition) is 3. The van der Waals surface area contributed by atoms with E-state index in [1.54, 1.807) is 19.0 Å². The van der Waals surface area contributed by atoms with Gasteiger partial charge in [0.25, 0.3) is 0 Å². The molecule has 1 fully saturated rings. The number of nitrogens with one attached hydrogen (secondary N) is 2. The van der Waals surface area contributed by atoms with Gasteiger partial charge in [0.15, 0.2) is 0 Å². The van der Waals surface area contributed by atoms with Crippen molar-refractivity contribution in [2.45, 2.75) is 12.5 Å². The lowest BCUT2D eigenvalue weighted by molar-refractivity contribution is -0.129. The van der Waals surface area contributed by atoms with Crippen LogP contribution >= 0.6 is 0 Å². The fraction of sp³-hybridized carbons (Fsp3) is 0.625. The second-order valence-corrected chi connectivity index (χ2v) is 3.17. The largest absolute Gasteiger partial charge is 0.361 e. The molecule has 13 heavy (non-hydrogen) atoms. The summed E-state index contributed by atoms with van der Waals surface area (Å²) in [5, 5.41) is 14.8. The molecule has 1 amide bonds. The molecule has 0 radical (unpaired) electrons. The van der Waals surface area contributed by atoms with Crippen molar-refractivity contribution < 1.29 is 4.79 Å². The molecule has 0 aromatic heterocycles. The molecule has 0 aromatic rings. The molecule has 2 N–H and O–H groups in total. The zero-order valence-corrected chi connectivity index (χ0v) is 7.87. The highest BCUT2D eigenvalue weighted by molar-refractivity contribution is 6.02. The highest BCUT2D eigenvalue weighted by atomic mass is 16.2. The summed E-state index contributed by atoms with van der Waals surface area (Å²) in [7, 11) is 3.40. The third-order valence-electron chi connectivity index (χ3n) is 2.32. The van der Waals surface area contributed by atoms with E-state index in [4.69, 9.17) is 10.8 Å². The lowest BCUT2D eigenvalue weighted by atomic mass is 10.2. The van der Waals surface area contributed by atoms with Gasteiger partial charge in [0.2, 0.25) is 5.91 Å². The highest BCUT2D eigenvalue weighted by Crippen LogP contribution is 2.07. The molecule has 0 spiro atoms. The molecule has 1 atom stereocenters. The summed E-state index contributed by atoms with van der Waals surface area (Å²) in [4.78, 5) is 14.5. The normalized spacial score (nSPS) is 24.6. The zero-order chi connectivity index (χ0) is 10.0. The van der Waals surface area contributed by atoms with Crippen LogP contribution in [0.3, 0.4) is 0 Å². The first kappa shape index (κ1) is 9.70. The molecule has 1 aliphatic heterocycles. The number of nitrogens with zero attached hydrogens (tertiary/aromatic N) is 2. The summed E-state index contributed by atoms with van der Waals surface area (Å²) in [6, 6.07) is -0.500. The summed E-state index contributed by atoms with van der Waals surface area (Å²) in [6.45, 7) is 0.562. The number of hydrogen-bond donors (Lipinski definition) is 2. The first-order valence-corrected chi connectivity index (χ1v) is 4.13. The van der Waals surface area contributed by atoms with Gasteiger partial charge in [-0.25, -0.2) is 0 Å². The molecule has 5 nitrogen and oxygen atoms in total. The van der Waals surface area contributed by atoms with Gasteiger partial charge in [0, 0.05) is 33.3 Å². The number of rotatable bonds is 1. The minimum atomic E-state index is -0.500. The Kier molecular flexibility index (Phi) is 2.65. The molecule has 1 saturated heterocycles. The average Bonchev–Trinajstić information content (AvgIpc) is 2.20. The SMILES string of the molecule is CN1CCC(=O)N(C)C(C=N)C1=N. The van der Waals surface area contributed by atoms with Crippen molar-refractivity contribution in [3.63, 3.8) is 0 Å². The van der Waals surface area contributed by atoms with Crippen molar-refractivity contribution in [3.05, 3.63) is 0 Å². The van der Waals surface area contributed by atoms with Gasteiger partial charge >= 0.3 is 0 Å². The number of carbonyl (C=O) groups excluding carboxylic acids is 1. The molecule has 0 aliphatic carbocycles. The van der Waals surface area contributed by atoms with E-state index in [1.165, 1.54) is 4.90 Å². The van der Waals surface area contributed by atoms with E-state index in [-0.39, 0.29) is 5.91 Å². The maximum Gasteiger partial charge on any atom is 0.225 e. The molecule has 1 heterocycles. The smallest absolute Gasteiger partial charge is 0.225 e. The lowest BCUT2D eigenvalue weighted by Crippen LogP contribution is -2.44. The van der Waals surface area contributed by atoms with Gasteiger partial charge in [-0.3, -0.25) is 10.2 Å². The predicted octanol–water partition coefficient (Wildman–Crippen LogP) is -0.224. The van der Waals surface area contributed by atoms with Crippen molar-refractivity contribution in [3.8, 4) is 0 Å². The summed E-state index contributed by atoms with van der Waals surface area (Å²) in [5.74, 6) is 0.297. The third-order valence-corrected chi connectivity index (χ3v) is 2.32. The fourth-order valence-corrected chi connectivity index (χ4v) is 1.32. The van der Waals surface area contributed by atoms with Crippen molar-refractivity contribution in [2.75, 3.05) is 20.6 Å². The van der Waals surface area contributed by atoms with E-state index in [1.807, 2.05) is 0 Å². The minimum Gasteiger partial charge on any atom is -0.361 e. The van der Waals surface area contributed by atoms with E-state index in [0.717, 1.165) is 6.21 Å². The van der Waals surface area contributed by atoms with Crippen LogP contribution in [-0.2, 0) is 4.79 Å². The number of likely N-dealkylation sites (N-methyl/N-ethyl adjacent to an activating group) is 2. The second-order valence-electron chi connectivity index (χ2n) is 3.17. The van der Waals surface area contributed by atoms with Crippen LogP contribution < -0.4 is 0 Å². The quantitative estimate of drug-likeness (QED) is 0.550. The monoisotopic (exact) mass is 182 g/mol. The average molecular weight is 182 g/mol. The van der Waals surface area contributed by atoms with E-state index in [0.29, 0.717) is 18.8 Å². The third kappa shape index (κ3) is 1.68. The molecule has 0 aromatic carbocycles. The Bertz CT molecular complexity index is 251. The molecular formula is C8H14N4O. The Morgan fingerprint density at radius 1 is 1.54 bits per heavy atom. The summed E-state index contributed by atoms with van der Waals surface area (Å²) >= 11 is 0. The van der Waals surface area contributed by atoms with Gasteiger partial charge < -0.3 is 15.2 Å². The molecule has 72 valence electrons. The maximum absolute atomic E-state index is 11.4. The summed E-state index contributed by atoms with van der Waals surface area (Å²) < 4.78 is 0. The maximum atomic E-state index is 11.4. The van der Waals surface area contributed by atoms with Gasteiger partial charge in [-0.1, -0.05) is 0 Å². The zero-order valence-electron chi connectivity index (χ0n) is 7.87. The van der Waals surface area contributed by atoms with Crippen LogP contribution in [0.1, 0.15) is 6.42 Å². The van der Waals surface area contributed by atoms with Crippen LogP contribution in [0.15, 0.2) is 0 Å². The van der Waals surface area contributed by atoms with E-state index in [2.05, 4.69) is 0 Å². The molecule has 1 rings (SSSR count). The van der Waals surface area contributed by atoms with Crippen LogP contribution in [0, 0.1) is 10.8 Å². The Balaban J connectivity index is 2.92. The Hall–Kier alpha value is -1.39. The van der Waals surface area contributed by atoms with Crippen molar-refractivity contribution in [1.82, 2.24) is 9.80 Å². The number of amides is 1. The molecule has 1 unspecified atom stereocenters. The Morgan fingerprint density at radius 2 is 2.15 bits per heavy atom. The van der Waals surface area contributed by atoms with Gasteiger partial charge in [0.05, 0.1) is 0 Å². The predicted molar refractivity (Wildman–Crippen MR) is 50.3 cm³/mol. The van der Waals surface area contributed by atoms with Crippen molar-refractivity contribution in [2.24, 2.45) is 0 Å². The van der Waals surface area contributed by atoms with Crippen LogP contribution in [-0.4, -0.2) is 54.4 Å². The summed E-state index contributed by atoms with van der Waals surface area (Å²) in [5.41, 5.74) is 0. The van der Waals surface area contributed by atoms with Gasteiger partial charge in [0.1, 0.15) is 11.9 Å². The minimum absolute atomic E-state index is 0.0115. The Morgan fingerprint density at radius 3 is 2.69 bits per heavy atom. The number of amidine groups is 1. The van der Waals surface area contributed by atoms with E-state index < -0.39 is 6.04 Å². The highest BCUT2D eigenvalue weighted by Gasteiger charge is 2.27. The van der Waals surface area contributed by atoms with Gasteiger partial charge in [-0.15, -0.1) is 0 Å². The second kappa shape index (κ2) is 3.55. The van der Waals surface area contributed by atoms with E-state index in [9.17, 15) is 4.79 Å². The molecule has 1 aliphatic rings. The molecular weight excluding hydrogens is 168 g/mol. The first-order chi connectivity index (χ1) is 6.07. The fourth-order valence-electron chi connectivity index (χ4n) is 1.32. The topological polar surface area (TPSA) is 71.2 Å². The molecule has 5 heteroatoms. The summed E-state index contributed by atoms with van der Waals surface area (Å²) in [6.07, 6.45) is 1.54. The van der Waals surface area contributed by atoms with Crippen LogP contribution in [0.2, 0.25) is 0 Å².